The SMILES string of the molecule is CN1C(=O)C(C)(CCCC(=O)C2CC2)c2ccccc21. The first-order chi connectivity index (χ1) is 9.54. The highest BCUT2D eigenvalue weighted by atomic mass is 16.2. The molecule has 2 aliphatic rings. The van der Waals surface area contributed by atoms with E-state index < -0.39 is 5.41 Å². The third kappa shape index (κ3) is 2.05. The van der Waals surface area contributed by atoms with Crippen LogP contribution >= 0.6 is 0 Å². The van der Waals surface area contributed by atoms with Crippen LogP contribution in [0.15, 0.2) is 24.3 Å². The predicted molar refractivity (Wildman–Crippen MR) is 78.8 cm³/mol. The third-order valence-corrected chi connectivity index (χ3v) is 4.77. The van der Waals surface area contributed by atoms with Crippen LogP contribution in [0.1, 0.15) is 44.6 Å². The average molecular weight is 271 g/mol. The maximum atomic E-state index is 12.5. The first-order valence-corrected chi connectivity index (χ1v) is 7.44. The van der Waals surface area contributed by atoms with Crippen molar-refractivity contribution >= 4 is 17.4 Å². The standard InChI is InChI=1S/C17H21NO2/c1-17(11-5-8-15(19)12-9-10-12)13-6-3-4-7-14(13)18(2)16(17)20/h3-4,6-7,12H,5,8-11H2,1-2H3. The lowest BCUT2D eigenvalue weighted by Gasteiger charge is -2.23. The fourth-order valence-electron chi connectivity index (χ4n) is 3.29. The number of Topliss-reactive ketones (excluding diaryl/α,β-unsaturated/α-hetero) is 1. The van der Waals surface area contributed by atoms with Crippen molar-refractivity contribution in [3.8, 4) is 0 Å². The number of ketones is 1. The minimum atomic E-state index is -0.463. The first-order valence-electron chi connectivity index (χ1n) is 7.44. The zero-order chi connectivity index (χ0) is 14.3. The molecule has 0 radical (unpaired) electrons. The zero-order valence-corrected chi connectivity index (χ0v) is 12.2. The van der Waals surface area contributed by atoms with Gasteiger partial charge in [-0.15, -0.1) is 0 Å². The monoisotopic (exact) mass is 271 g/mol. The van der Waals surface area contributed by atoms with Gasteiger partial charge >= 0.3 is 0 Å². The molecule has 20 heavy (non-hydrogen) atoms. The second kappa shape index (κ2) is 4.72. The molecule has 0 spiro atoms. The fraction of sp³-hybridized carbons (Fsp3) is 0.529. The summed E-state index contributed by atoms with van der Waals surface area (Å²) in [4.78, 5) is 26.1. The molecular weight excluding hydrogens is 250 g/mol. The lowest BCUT2D eigenvalue weighted by Crippen LogP contribution is -2.36. The summed E-state index contributed by atoms with van der Waals surface area (Å²) < 4.78 is 0. The van der Waals surface area contributed by atoms with Gasteiger partial charge in [0.25, 0.3) is 0 Å². The summed E-state index contributed by atoms with van der Waals surface area (Å²) >= 11 is 0. The van der Waals surface area contributed by atoms with Crippen LogP contribution in [-0.4, -0.2) is 18.7 Å². The van der Waals surface area contributed by atoms with E-state index >= 15 is 0 Å². The molecule has 1 amide bonds. The molecule has 1 heterocycles. The highest BCUT2D eigenvalue weighted by molar-refractivity contribution is 6.07. The van der Waals surface area contributed by atoms with E-state index in [-0.39, 0.29) is 5.91 Å². The number of para-hydroxylation sites is 1. The summed E-state index contributed by atoms with van der Waals surface area (Å²) in [5.41, 5.74) is 1.65. The van der Waals surface area contributed by atoms with Crippen molar-refractivity contribution in [2.75, 3.05) is 11.9 Å². The molecule has 1 aromatic carbocycles. The molecule has 1 fully saturated rings. The summed E-state index contributed by atoms with van der Waals surface area (Å²) in [6.07, 6.45) is 4.33. The van der Waals surface area contributed by atoms with Crippen molar-refractivity contribution in [3.05, 3.63) is 29.8 Å². The molecule has 3 rings (SSSR count). The highest BCUT2D eigenvalue weighted by Gasteiger charge is 2.45. The Bertz CT molecular complexity index is 562. The Labute approximate surface area is 120 Å². The minimum absolute atomic E-state index is 0.151. The van der Waals surface area contributed by atoms with Gasteiger partial charge in [-0.3, -0.25) is 9.59 Å². The lowest BCUT2D eigenvalue weighted by atomic mass is 9.79. The smallest absolute Gasteiger partial charge is 0.237 e. The summed E-state index contributed by atoms with van der Waals surface area (Å²) in [6, 6.07) is 7.98. The topological polar surface area (TPSA) is 37.4 Å². The van der Waals surface area contributed by atoms with Crippen molar-refractivity contribution in [1.29, 1.82) is 0 Å². The summed E-state index contributed by atoms with van der Waals surface area (Å²) in [5, 5.41) is 0. The van der Waals surface area contributed by atoms with Gasteiger partial charge in [0.15, 0.2) is 0 Å². The van der Waals surface area contributed by atoms with E-state index in [0.29, 0.717) is 18.1 Å². The Morgan fingerprint density at radius 1 is 1.35 bits per heavy atom. The molecule has 3 heteroatoms. The van der Waals surface area contributed by atoms with Crippen LogP contribution in [0.25, 0.3) is 0 Å². The number of hydrogen-bond acceptors (Lipinski definition) is 2. The van der Waals surface area contributed by atoms with E-state index in [2.05, 4.69) is 0 Å². The van der Waals surface area contributed by atoms with E-state index in [1.165, 1.54) is 0 Å². The summed E-state index contributed by atoms with van der Waals surface area (Å²) in [6.45, 7) is 2.01. The molecule has 0 saturated heterocycles. The summed E-state index contributed by atoms with van der Waals surface area (Å²) in [7, 11) is 1.84. The van der Waals surface area contributed by atoms with Gasteiger partial charge in [0.05, 0.1) is 5.41 Å². The van der Waals surface area contributed by atoms with E-state index in [9.17, 15) is 9.59 Å². The number of carbonyl (C=O) groups excluding carboxylic acids is 2. The molecular formula is C17H21NO2. The third-order valence-electron chi connectivity index (χ3n) is 4.77. The molecule has 106 valence electrons. The van der Waals surface area contributed by atoms with E-state index in [4.69, 9.17) is 0 Å². The van der Waals surface area contributed by atoms with Gasteiger partial charge in [-0.25, -0.2) is 0 Å². The Hall–Kier alpha value is -1.64. The van der Waals surface area contributed by atoms with Gasteiger partial charge in [-0.05, 0) is 44.2 Å². The Morgan fingerprint density at radius 2 is 2.05 bits per heavy atom. The maximum Gasteiger partial charge on any atom is 0.237 e. The molecule has 0 aromatic heterocycles. The zero-order valence-electron chi connectivity index (χ0n) is 12.2. The van der Waals surface area contributed by atoms with Crippen LogP contribution in [-0.2, 0) is 15.0 Å². The number of hydrogen-bond donors (Lipinski definition) is 0. The molecule has 3 nitrogen and oxygen atoms in total. The van der Waals surface area contributed by atoms with Gasteiger partial charge in [0.1, 0.15) is 5.78 Å². The van der Waals surface area contributed by atoms with Crippen LogP contribution in [0, 0.1) is 5.92 Å². The van der Waals surface area contributed by atoms with Gasteiger partial charge in [-0.2, -0.15) is 0 Å². The van der Waals surface area contributed by atoms with Crippen LogP contribution < -0.4 is 4.90 Å². The van der Waals surface area contributed by atoms with Crippen molar-refractivity contribution in [2.24, 2.45) is 5.92 Å². The van der Waals surface area contributed by atoms with Crippen LogP contribution in [0.5, 0.6) is 0 Å². The molecule has 1 aliphatic heterocycles. The Balaban J connectivity index is 1.73. The largest absolute Gasteiger partial charge is 0.314 e. The number of nitrogens with zero attached hydrogens (tertiary/aromatic N) is 1. The second-order valence-electron chi connectivity index (χ2n) is 6.31. The van der Waals surface area contributed by atoms with Crippen LogP contribution in [0.4, 0.5) is 5.69 Å². The van der Waals surface area contributed by atoms with Crippen molar-refractivity contribution in [1.82, 2.24) is 0 Å². The van der Waals surface area contributed by atoms with Crippen molar-refractivity contribution < 1.29 is 9.59 Å². The molecule has 1 saturated carbocycles. The van der Waals surface area contributed by atoms with Crippen LogP contribution in [0.2, 0.25) is 0 Å². The number of benzene rings is 1. The number of likely N-dealkylation sites (N-methyl/N-ethyl adjacent to an activating group) is 1. The number of amides is 1. The predicted octanol–water partition coefficient (Wildman–Crippen LogP) is 3.07. The first kappa shape index (κ1) is 13.3. The maximum absolute atomic E-state index is 12.5. The van der Waals surface area contributed by atoms with E-state index in [1.54, 1.807) is 4.90 Å². The quantitative estimate of drug-likeness (QED) is 0.825. The molecule has 1 aliphatic carbocycles. The van der Waals surface area contributed by atoms with E-state index in [1.807, 2.05) is 38.2 Å². The fourth-order valence-corrected chi connectivity index (χ4v) is 3.29. The number of fused-ring (bicyclic) bond motifs is 1. The average Bonchev–Trinajstić information content (AvgIpc) is 3.27. The second-order valence-corrected chi connectivity index (χ2v) is 6.31. The van der Waals surface area contributed by atoms with Gasteiger partial charge in [0.2, 0.25) is 5.91 Å². The van der Waals surface area contributed by atoms with E-state index in [0.717, 1.165) is 36.9 Å². The van der Waals surface area contributed by atoms with Gasteiger partial charge in [0, 0.05) is 25.1 Å². The number of carbonyl (C=O) groups is 2. The Morgan fingerprint density at radius 3 is 2.75 bits per heavy atom. The molecule has 0 bridgehead atoms. The molecule has 0 N–H and O–H groups in total. The molecule has 1 atom stereocenters. The summed E-state index contributed by atoms with van der Waals surface area (Å²) in [5.74, 6) is 0.871. The highest BCUT2D eigenvalue weighted by Crippen LogP contribution is 2.44. The Kier molecular flexibility index (Phi) is 3.15. The van der Waals surface area contributed by atoms with Gasteiger partial charge in [-0.1, -0.05) is 18.2 Å². The lowest BCUT2D eigenvalue weighted by molar-refractivity contribution is -0.123. The minimum Gasteiger partial charge on any atom is -0.314 e. The van der Waals surface area contributed by atoms with Gasteiger partial charge < -0.3 is 4.90 Å². The van der Waals surface area contributed by atoms with Crippen LogP contribution in [0.3, 0.4) is 0 Å². The van der Waals surface area contributed by atoms with Crippen molar-refractivity contribution in [3.63, 3.8) is 0 Å². The molecule has 1 aromatic rings. The number of anilines is 1. The molecule has 1 unspecified atom stereocenters. The van der Waals surface area contributed by atoms with Crippen molar-refractivity contribution in [2.45, 2.75) is 44.4 Å². The normalized spacial score (nSPS) is 24.9. The number of rotatable bonds is 5.